The molecule has 1 atom stereocenters. The molecule has 0 saturated carbocycles. The monoisotopic (exact) mass is 437 g/mol. The Morgan fingerprint density at radius 1 is 1.17 bits per heavy atom. The predicted octanol–water partition coefficient (Wildman–Crippen LogP) is 2.27. The number of aromatic nitrogens is 3. The Kier molecular flexibility index (Phi) is 5.89. The van der Waals surface area contributed by atoms with E-state index in [0.29, 0.717) is 30.4 Å². The molecule has 1 amide bonds. The van der Waals surface area contributed by atoms with Crippen LogP contribution in [-0.4, -0.2) is 64.7 Å². The normalized spacial score (nSPS) is 20.9. The van der Waals surface area contributed by atoms with E-state index in [1.54, 1.807) is 34.0 Å². The molecule has 0 bridgehead atoms. The molecule has 2 aromatic rings. The first kappa shape index (κ1) is 20.3. The third kappa shape index (κ3) is 4.46. The summed E-state index contributed by atoms with van der Waals surface area (Å²) in [5.41, 5.74) is 0.353. The molecule has 0 aliphatic carbocycles. The average molecular weight is 438 g/mol. The molecule has 10 heteroatoms. The minimum absolute atomic E-state index is 0.0810. The number of sulfonamides is 1. The molecule has 0 N–H and O–H groups in total. The van der Waals surface area contributed by atoms with Gasteiger partial charge >= 0.3 is 0 Å². The summed E-state index contributed by atoms with van der Waals surface area (Å²) in [7, 11) is -3.59. The Balaban J connectivity index is 1.42. The largest absolute Gasteiger partial charge is 0.337 e. The minimum Gasteiger partial charge on any atom is -0.337 e. The molecule has 156 valence electrons. The molecule has 2 aliphatic rings. The maximum Gasteiger partial charge on any atom is 0.276 e. The summed E-state index contributed by atoms with van der Waals surface area (Å²) in [4.78, 5) is 14.4. The molecule has 0 spiro atoms. The molecule has 2 fully saturated rings. The second-order valence-corrected chi connectivity index (χ2v) is 10.0. The van der Waals surface area contributed by atoms with Gasteiger partial charge in [-0.15, -0.1) is 5.10 Å². The molecule has 2 saturated heterocycles. The third-order valence-electron chi connectivity index (χ3n) is 5.51. The van der Waals surface area contributed by atoms with Gasteiger partial charge in [-0.05, 0) is 49.8 Å². The van der Waals surface area contributed by atoms with Crippen molar-refractivity contribution in [1.29, 1.82) is 0 Å². The van der Waals surface area contributed by atoms with Gasteiger partial charge in [0.2, 0.25) is 10.0 Å². The number of piperidine rings is 1. The summed E-state index contributed by atoms with van der Waals surface area (Å²) in [6.45, 7) is 2.96. The van der Waals surface area contributed by atoms with Crippen LogP contribution in [0.3, 0.4) is 0 Å². The van der Waals surface area contributed by atoms with E-state index < -0.39 is 10.0 Å². The van der Waals surface area contributed by atoms with E-state index >= 15 is 0 Å². The van der Waals surface area contributed by atoms with Crippen molar-refractivity contribution in [1.82, 2.24) is 24.2 Å². The fourth-order valence-corrected chi connectivity index (χ4v) is 5.86. The smallest absolute Gasteiger partial charge is 0.276 e. The molecular formula is C19H24ClN5O3S. The summed E-state index contributed by atoms with van der Waals surface area (Å²) in [5.74, 6) is 0.0247. The number of carbonyl (C=O) groups is 1. The van der Waals surface area contributed by atoms with Crippen LogP contribution in [-0.2, 0) is 16.6 Å². The second kappa shape index (κ2) is 8.41. The fourth-order valence-electron chi connectivity index (χ4n) is 4.00. The van der Waals surface area contributed by atoms with Gasteiger partial charge in [-0.25, -0.2) is 8.42 Å². The number of hydrogen-bond donors (Lipinski definition) is 0. The number of rotatable bonds is 5. The van der Waals surface area contributed by atoms with Crippen LogP contribution in [0.15, 0.2) is 35.4 Å². The van der Waals surface area contributed by atoms with Crippen molar-refractivity contribution in [3.05, 3.63) is 41.2 Å². The van der Waals surface area contributed by atoms with Gasteiger partial charge in [0, 0.05) is 37.7 Å². The molecule has 0 unspecified atom stereocenters. The van der Waals surface area contributed by atoms with Gasteiger partial charge in [0.1, 0.15) is 0 Å². The maximum absolute atomic E-state index is 13.0. The molecular weight excluding hydrogens is 414 g/mol. The van der Waals surface area contributed by atoms with E-state index in [1.165, 1.54) is 10.4 Å². The lowest BCUT2D eigenvalue weighted by molar-refractivity contribution is 0.0787. The maximum atomic E-state index is 13.0. The van der Waals surface area contributed by atoms with Gasteiger partial charge in [-0.2, -0.15) is 4.31 Å². The zero-order chi connectivity index (χ0) is 20.4. The van der Waals surface area contributed by atoms with Crippen molar-refractivity contribution < 1.29 is 13.2 Å². The third-order valence-corrected chi connectivity index (χ3v) is 7.61. The summed E-state index contributed by atoms with van der Waals surface area (Å²) in [5, 5.41) is 8.52. The van der Waals surface area contributed by atoms with Crippen molar-refractivity contribution >= 4 is 27.5 Å². The second-order valence-electron chi connectivity index (χ2n) is 7.65. The highest BCUT2D eigenvalue weighted by molar-refractivity contribution is 7.89. The van der Waals surface area contributed by atoms with Gasteiger partial charge in [0.25, 0.3) is 5.91 Å². The van der Waals surface area contributed by atoms with Crippen molar-refractivity contribution in [2.75, 3.05) is 26.2 Å². The number of halogens is 1. The summed E-state index contributed by atoms with van der Waals surface area (Å²) in [6.07, 6.45) is 5.40. The Morgan fingerprint density at radius 2 is 1.97 bits per heavy atom. The quantitative estimate of drug-likeness (QED) is 0.715. The predicted molar refractivity (Wildman–Crippen MR) is 108 cm³/mol. The fraction of sp³-hybridized carbons (Fsp3) is 0.526. The lowest BCUT2D eigenvalue weighted by atomic mass is 10.00. The Hall–Kier alpha value is -1.97. The van der Waals surface area contributed by atoms with Crippen LogP contribution in [0.2, 0.25) is 5.02 Å². The highest BCUT2D eigenvalue weighted by Gasteiger charge is 2.31. The average Bonchev–Trinajstić information content (AvgIpc) is 3.40. The summed E-state index contributed by atoms with van der Waals surface area (Å²) >= 11 is 5.97. The number of hydrogen-bond acceptors (Lipinski definition) is 5. The SMILES string of the molecule is O=C(c1cn(C[C@H]2CCCN(S(=O)(=O)c3cccc(Cl)c3)C2)nn1)N1CCCC1. The summed E-state index contributed by atoms with van der Waals surface area (Å²) < 4.78 is 29.1. The van der Waals surface area contributed by atoms with Crippen LogP contribution in [0.4, 0.5) is 0 Å². The standard InChI is InChI=1S/C19H24ClN5O3S/c20-16-6-3-7-17(11-16)29(27,28)25-10-4-5-15(13-25)12-24-14-18(21-22-24)19(26)23-8-1-2-9-23/h3,6-7,11,14-15H,1-2,4-5,8-10,12-13H2/t15-/m1/s1. The number of amides is 1. The number of benzene rings is 1. The zero-order valence-electron chi connectivity index (χ0n) is 16.1. The van der Waals surface area contributed by atoms with Crippen molar-refractivity contribution in [3.8, 4) is 0 Å². The highest BCUT2D eigenvalue weighted by atomic mass is 35.5. The van der Waals surface area contributed by atoms with Crippen LogP contribution >= 0.6 is 11.6 Å². The molecule has 8 nitrogen and oxygen atoms in total. The first-order valence-electron chi connectivity index (χ1n) is 9.88. The molecule has 1 aromatic heterocycles. The number of likely N-dealkylation sites (tertiary alicyclic amines) is 1. The topological polar surface area (TPSA) is 88.4 Å². The van der Waals surface area contributed by atoms with E-state index in [4.69, 9.17) is 11.6 Å². The van der Waals surface area contributed by atoms with E-state index in [2.05, 4.69) is 10.3 Å². The van der Waals surface area contributed by atoms with Crippen molar-refractivity contribution in [3.63, 3.8) is 0 Å². The van der Waals surface area contributed by atoms with E-state index in [0.717, 1.165) is 38.8 Å². The van der Waals surface area contributed by atoms with Crippen LogP contribution < -0.4 is 0 Å². The van der Waals surface area contributed by atoms with Crippen LogP contribution in [0.5, 0.6) is 0 Å². The summed E-state index contributed by atoms with van der Waals surface area (Å²) in [6, 6.07) is 6.35. The van der Waals surface area contributed by atoms with Gasteiger partial charge in [0.05, 0.1) is 11.1 Å². The Bertz CT molecular complexity index is 987. The zero-order valence-corrected chi connectivity index (χ0v) is 17.6. The Labute approximate surface area is 175 Å². The van der Waals surface area contributed by atoms with E-state index in [-0.39, 0.29) is 16.7 Å². The molecule has 2 aliphatic heterocycles. The molecule has 0 radical (unpaired) electrons. The molecule has 3 heterocycles. The van der Waals surface area contributed by atoms with Crippen molar-refractivity contribution in [2.24, 2.45) is 5.92 Å². The molecule has 1 aromatic carbocycles. The van der Waals surface area contributed by atoms with E-state index in [9.17, 15) is 13.2 Å². The van der Waals surface area contributed by atoms with Crippen LogP contribution in [0.25, 0.3) is 0 Å². The van der Waals surface area contributed by atoms with Gasteiger partial charge in [0.15, 0.2) is 5.69 Å². The number of nitrogens with zero attached hydrogens (tertiary/aromatic N) is 5. The molecule has 29 heavy (non-hydrogen) atoms. The minimum atomic E-state index is -3.59. The first-order chi connectivity index (χ1) is 13.9. The van der Waals surface area contributed by atoms with Crippen molar-refractivity contribution in [2.45, 2.75) is 37.1 Å². The lowest BCUT2D eigenvalue weighted by Crippen LogP contribution is -2.41. The van der Waals surface area contributed by atoms with Gasteiger partial charge in [-0.1, -0.05) is 22.9 Å². The number of carbonyl (C=O) groups excluding carboxylic acids is 1. The van der Waals surface area contributed by atoms with E-state index in [1.807, 2.05) is 0 Å². The first-order valence-corrected chi connectivity index (χ1v) is 11.7. The Morgan fingerprint density at radius 3 is 2.72 bits per heavy atom. The highest BCUT2D eigenvalue weighted by Crippen LogP contribution is 2.26. The van der Waals surface area contributed by atoms with Crippen LogP contribution in [0, 0.1) is 5.92 Å². The van der Waals surface area contributed by atoms with Crippen LogP contribution in [0.1, 0.15) is 36.2 Å². The van der Waals surface area contributed by atoms with Gasteiger partial charge < -0.3 is 4.90 Å². The lowest BCUT2D eigenvalue weighted by Gasteiger charge is -2.31. The molecule has 4 rings (SSSR count). The van der Waals surface area contributed by atoms with Gasteiger partial charge in [-0.3, -0.25) is 9.48 Å².